The van der Waals surface area contributed by atoms with E-state index in [4.69, 9.17) is 15.5 Å². The molecule has 0 spiro atoms. The Morgan fingerprint density at radius 3 is 1.92 bits per heavy atom. The highest BCUT2D eigenvalue weighted by molar-refractivity contribution is 6.10. The summed E-state index contributed by atoms with van der Waals surface area (Å²) in [5.41, 5.74) is 21.6. The van der Waals surface area contributed by atoms with Crippen molar-refractivity contribution in [1.29, 1.82) is 0 Å². The molecule has 0 aromatic heterocycles. The summed E-state index contributed by atoms with van der Waals surface area (Å²) in [6.07, 6.45) is 11.6. The Hall–Kier alpha value is -6.45. The molecule has 6 aromatic carbocycles. The van der Waals surface area contributed by atoms with Gasteiger partial charge in [0.25, 0.3) is 0 Å². The van der Waals surface area contributed by atoms with Crippen molar-refractivity contribution in [1.82, 2.24) is 0 Å². The van der Waals surface area contributed by atoms with Gasteiger partial charge in [-0.1, -0.05) is 152 Å². The SMILES string of the molecule is N/C(=C\C(=N/Cc1ccccc1)c1cc(-c2ccccc2)cc(-c2ccc(-c3ccccc3)cc2)c1)C1=CC=C2OC3C=Cc4ccccc4C3C2C1. The second-order valence-electron chi connectivity index (χ2n) is 14.1. The molecule has 1 fully saturated rings. The van der Waals surface area contributed by atoms with Gasteiger partial charge in [0.2, 0.25) is 0 Å². The number of hydrogen-bond donors (Lipinski definition) is 1. The maximum absolute atomic E-state index is 7.10. The molecule has 6 aromatic rings. The summed E-state index contributed by atoms with van der Waals surface area (Å²) >= 11 is 0. The van der Waals surface area contributed by atoms with E-state index in [-0.39, 0.29) is 17.9 Å². The molecule has 1 aliphatic heterocycles. The lowest BCUT2D eigenvalue weighted by Gasteiger charge is -2.27. The van der Waals surface area contributed by atoms with Gasteiger partial charge in [0.05, 0.1) is 12.3 Å². The maximum atomic E-state index is 7.10. The van der Waals surface area contributed by atoms with E-state index in [9.17, 15) is 0 Å². The van der Waals surface area contributed by atoms with Crippen molar-refractivity contribution < 1.29 is 4.74 Å². The van der Waals surface area contributed by atoms with Gasteiger partial charge in [-0.2, -0.15) is 0 Å². The van der Waals surface area contributed by atoms with E-state index in [0.717, 1.165) is 62.5 Å². The molecule has 2 N–H and O–H groups in total. The first-order chi connectivity index (χ1) is 26.2. The van der Waals surface area contributed by atoms with E-state index >= 15 is 0 Å². The predicted molar refractivity (Wildman–Crippen MR) is 219 cm³/mol. The quantitative estimate of drug-likeness (QED) is 0.162. The third kappa shape index (κ3) is 6.70. The van der Waals surface area contributed by atoms with Crippen LogP contribution in [0, 0.1) is 5.92 Å². The van der Waals surface area contributed by atoms with E-state index in [2.05, 4.69) is 182 Å². The number of nitrogens with two attached hydrogens (primary N) is 1. The molecule has 1 heterocycles. The third-order valence-corrected chi connectivity index (χ3v) is 10.7. The highest BCUT2D eigenvalue weighted by Gasteiger charge is 2.44. The number of rotatable bonds is 8. The third-order valence-electron chi connectivity index (χ3n) is 10.7. The van der Waals surface area contributed by atoms with Crippen LogP contribution in [0.25, 0.3) is 39.5 Å². The van der Waals surface area contributed by atoms with E-state index in [1.807, 2.05) is 6.07 Å². The monoisotopic (exact) mass is 684 g/mol. The summed E-state index contributed by atoms with van der Waals surface area (Å²) < 4.78 is 6.48. The Labute approximate surface area is 311 Å². The largest absolute Gasteiger partial charge is 0.490 e. The lowest BCUT2D eigenvalue weighted by Crippen LogP contribution is -2.22. The number of nitrogens with zero attached hydrogens (tertiary/aromatic N) is 1. The van der Waals surface area contributed by atoms with Crippen LogP contribution in [0.4, 0.5) is 0 Å². The summed E-state index contributed by atoms with van der Waals surface area (Å²) in [6.45, 7) is 0.545. The molecule has 0 radical (unpaired) electrons. The van der Waals surface area contributed by atoms with Crippen LogP contribution in [-0.4, -0.2) is 11.8 Å². The molecule has 3 heteroatoms. The van der Waals surface area contributed by atoms with Crippen molar-refractivity contribution in [3.63, 3.8) is 0 Å². The summed E-state index contributed by atoms with van der Waals surface area (Å²) in [4.78, 5) is 5.27. The Balaban J connectivity index is 1.10. The zero-order chi connectivity index (χ0) is 35.6. The highest BCUT2D eigenvalue weighted by Crippen LogP contribution is 2.51. The van der Waals surface area contributed by atoms with Crippen LogP contribution >= 0.6 is 0 Å². The number of aliphatic imine (C=N–C) groups is 1. The van der Waals surface area contributed by atoms with Gasteiger partial charge in [-0.25, -0.2) is 0 Å². The number of ether oxygens (including phenoxy) is 1. The van der Waals surface area contributed by atoms with Crippen molar-refractivity contribution in [2.75, 3.05) is 0 Å². The zero-order valence-electron chi connectivity index (χ0n) is 29.5. The maximum Gasteiger partial charge on any atom is 0.124 e. The van der Waals surface area contributed by atoms with Crippen molar-refractivity contribution in [3.05, 3.63) is 221 Å². The number of fused-ring (bicyclic) bond motifs is 5. The van der Waals surface area contributed by atoms with E-state index in [1.165, 1.54) is 22.3 Å². The lowest BCUT2D eigenvalue weighted by atomic mass is 9.74. The van der Waals surface area contributed by atoms with Crippen molar-refractivity contribution in [3.8, 4) is 33.4 Å². The van der Waals surface area contributed by atoms with Crippen molar-refractivity contribution in [2.45, 2.75) is 25.0 Å². The van der Waals surface area contributed by atoms with Gasteiger partial charge in [-0.05, 0) is 98.5 Å². The topological polar surface area (TPSA) is 47.6 Å². The van der Waals surface area contributed by atoms with Crippen LogP contribution in [0.15, 0.2) is 204 Å². The van der Waals surface area contributed by atoms with E-state index < -0.39 is 0 Å². The van der Waals surface area contributed by atoms with Gasteiger partial charge in [-0.15, -0.1) is 0 Å². The second kappa shape index (κ2) is 14.3. The lowest BCUT2D eigenvalue weighted by molar-refractivity contribution is 0.190. The molecule has 2 aliphatic carbocycles. The first-order valence-electron chi connectivity index (χ1n) is 18.4. The van der Waals surface area contributed by atoms with Gasteiger partial charge in [-0.3, -0.25) is 4.99 Å². The molecule has 256 valence electrons. The smallest absolute Gasteiger partial charge is 0.124 e. The zero-order valence-corrected chi connectivity index (χ0v) is 29.5. The summed E-state index contributed by atoms with van der Waals surface area (Å²) in [6, 6.07) is 55.8. The molecular weight excluding hydrogens is 645 g/mol. The van der Waals surface area contributed by atoms with Gasteiger partial charge >= 0.3 is 0 Å². The molecule has 3 unspecified atom stereocenters. The fourth-order valence-corrected chi connectivity index (χ4v) is 7.98. The molecule has 3 aliphatic rings. The van der Waals surface area contributed by atoms with Crippen LogP contribution in [0.2, 0.25) is 0 Å². The van der Waals surface area contributed by atoms with E-state index in [0.29, 0.717) is 6.54 Å². The Morgan fingerprint density at radius 2 is 1.23 bits per heavy atom. The minimum Gasteiger partial charge on any atom is -0.490 e. The summed E-state index contributed by atoms with van der Waals surface area (Å²) in [5, 5.41) is 0. The van der Waals surface area contributed by atoms with Crippen LogP contribution in [0.3, 0.4) is 0 Å². The predicted octanol–water partition coefficient (Wildman–Crippen LogP) is 11.6. The Kier molecular flexibility index (Phi) is 8.75. The molecule has 53 heavy (non-hydrogen) atoms. The molecule has 3 atom stereocenters. The highest BCUT2D eigenvalue weighted by atomic mass is 16.5. The van der Waals surface area contributed by atoms with Crippen LogP contribution in [0.5, 0.6) is 0 Å². The fraction of sp³-hybridized carbons (Fsp3) is 0.100. The van der Waals surface area contributed by atoms with Gasteiger partial charge in [0.1, 0.15) is 11.9 Å². The van der Waals surface area contributed by atoms with Gasteiger partial charge in [0, 0.05) is 23.1 Å². The average Bonchev–Trinajstić information content (AvgIpc) is 3.62. The summed E-state index contributed by atoms with van der Waals surface area (Å²) in [7, 11) is 0. The molecule has 0 bridgehead atoms. The molecule has 0 amide bonds. The van der Waals surface area contributed by atoms with E-state index in [1.54, 1.807) is 0 Å². The standard InChI is InChI=1S/C50H40N2O/c51-46(40-25-26-48-45(31-40)50-44-19-11-10-18-39(44)24-27-49(50)53-48)32-47(52-33-34-12-4-1-5-13-34)43-29-41(36-16-8-3-9-17-36)28-42(30-43)38-22-20-37(21-23-38)35-14-6-2-7-15-35/h1-30,32,45,49-50H,31,33,51H2/b46-32-,52-47+. The Bertz CT molecular complexity index is 2420. The Morgan fingerprint density at radius 1 is 0.642 bits per heavy atom. The number of hydrogen-bond acceptors (Lipinski definition) is 3. The van der Waals surface area contributed by atoms with Crippen LogP contribution < -0.4 is 5.73 Å². The summed E-state index contributed by atoms with van der Waals surface area (Å²) in [5.74, 6) is 1.55. The first kappa shape index (κ1) is 32.5. The van der Waals surface area contributed by atoms with Crippen LogP contribution in [0.1, 0.15) is 34.6 Å². The normalized spacial score (nSPS) is 19.0. The van der Waals surface area contributed by atoms with Gasteiger partial charge in [0.15, 0.2) is 0 Å². The van der Waals surface area contributed by atoms with Crippen molar-refractivity contribution >= 4 is 11.8 Å². The van der Waals surface area contributed by atoms with Gasteiger partial charge < -0.3 is 10.5 Å². The molecule has 1 saturated heterocycles. The number of allylic oxidation sites excluding steroid dienone is 5. The first-order valence-corrected chi connectivity index (χ1v) is 18.4. The number of benzene rings is 6. The second-order valence-corrected chi connectivity index (χ2v) is 14.1. The average molecular weight is 685 g/mol. The fourth-order valence-electron chi connectivity index (χ4n) is 7.98. The minimum absolute atomic E-state index is 0.0444. The van der Waals surface area contributed by atoms with Crippen molar-refractivity contribution in [2.24, 2.45) is 16.6 Å². The molecule has 0 saturated carbocycles. The molecule has 3 nitrogen and oxygen atoms in total. The minimum atomic E-state index is 0.0444. The molecular formula is C50H40N2O. The molecule has 9 rings (SSSR count). The van der Waals surface area contributed by atoms with Crippen LogP contribution in [-0.2, 0) is 11.3 Å².